The fraction of sp³-hybridized carbons (Fsp3) is 0.300. The number of nitrogens with two attached hydrogens (primary N) is 1. The minimum absolute atomic E-state index is 0.0378. The molecule has 1 rings (SSSR count). The van der Waals surface area contributed by atoms with E-state index in [2.05, 4.69) is 20.7 Å². The van der Waals surface area contributed by atoms with Gasteiger partial charge in [0.15, 0.2) is 0 Å². The molecule has 0 aliphatic rings. The van der Waals surface area contributed by atoms with Crippen molar-refractivity contribution in [1.82, 2.24) is 0 Å². The lowest BCUT2D eigenvalue weighted by Crippen LogP contribution is -2.17. The van der Waals surface area contributed by atoms with Gasteiger partial charge in [-0.1, -0.05) is 15.9 Å². The van der Waals surface area contributed by atoms with E-state index in [0.717, 1.165) is 4.47 Å². The summed E-state index contributed by atoms with van der Waals surface area (Å²) in [7, 11) is 1.27. The summed E-state index contributed by atoms with van der Waals surface area (Å²) in [4.78, 5) is 11.0. The van der Waals surface area contributed by atoms with Gasteiger partial charge in [0, 0.05) is 16.1 Å². The number of ether oxygens (including phenoxy) is 1. The first kappa shape index (κ1) is 12.1. The minimum Gasteiger partial charge on any atom is -0.469 e. The normalized spacial score (nSPS) is 12.3. The number of hydrogen-bond acceptors (Lipinski definition) is 3. The van der Waals surface area contributed by atoms with Crippen molar-refractivity contribution < 1.29 is 13.9 Å². The lowest BCUT2D eigenvalue weighted by molar-refractivity contribution is -0.141. The molecule has 1 atom stereocenters. The van der Waals surface area contributed by atoms with Crippen LogP contribution in [0.25, 0.3) is 0 Å². The molecule has 0 fully saturated rings. The highest BCUT2D eigenvalue weighted by Gasteiger charge is 2.15. The van der Waals surface area contributed by atoms with Gasteiger partial charge in [-0.05, 0) is 18.2 Å². The molecule has 0 bridgehead atoms. The van der Waals surface area contributed by atoms with Crippen molar-refractivity contribution in [2.24, 2.45) is 5.73 Å². The van der Waals surface area contributed by atoms with Gasteiger partial charge >= 0.3 is 5.97 Å². The number of rotatable bonds is 3. The second kappa shape index (κ2) is 5.23. The maximum atomic E-state index is 13.3. The zero-order valence-corrected chi connectivity index (χ0v) is 9.75. The van der Waals surface area contributed by atoms with E-state index < -0.39 is 17.8 Å². The number of hydrogen-bond donors (Lipinski definition) is 1. The third kappa shape index (κ3) is 3.28. The number of halogens is 2. The van der Waals surface area contributed by atoms with Crippen LogP contribution in [-0.2, 0) is 9.53 Å². The highest BCUT2D eigenvalue weighted by Crippen LogP contribution is 2.22. The van der Waals surface area contributed by atoms with E-state index in [-0.39, 0.29) is 6.42 Å². The van der Waals surface area contributed by atoms with Crippen LogP contribution in [0.15, 0.2) is 22.7 Å². The summed E-state index contributed by atoms with van der Waals surface area (Å²) >= 11 is 3.21. The van der Waals surface area contributed by atoms with Crippen LogP contribution < -0.4 is 5.73 Å². The summed E-state index contributed by atoms with van der Waals surface area (Å²) in [5.41, 5.74) is 5.98. The van der Waals surface area contributed by atoms with Gasteiger partial charge in [0.1, 0.15) is 5.82 Å². The van der Waals surface area contributed by atoms with E-state index in [9.17, 15) is 9.18 Å². The Kier molecular flexibility index (Phi) is 4.23. The highest BCUT2D eigenvalue weighted by atomic mass is 79.9. The summed E-state index contributed by atoms with van der Waals surface area (Å²) in [6.07, 6.45) is -0.0378. The first-order valence-electron chi connectivity index (χ1n) is 4.32. The first-order valence-corrected chi connectivity index (χ1v) is 5.11. The second-order valence-electron chi connectivity index (χ2n) is 3.05. The topological polar surface area (TPSA) is 52.3 Å². The molecule has 0 aliphatic carbocycles. The van der Waals surface area contributed by atoms with Gasteiger partial charge < -0.3 is 10.5 Å². The van der Waals surface area contributed by atoms with Gasteiger partial charge in [-0.15, -0.1) is 0 Å². The molecule has 1 aromatic carbocycles. The molecule has 0 aliphatic heterocycles. The predicted octanol–water partition coefficient (Wildman–Crippen LogP) is 2.15. The fourth-order valence-electron chi connectivity index (χ4n) is 1.17. The van der Waals surface area contributed by atoms with Crippen LogP contribution in [0.2, 0.25) is 0 Å². The van der Waals surface area contributed by atoms with Crippen LogP contribution in [0.4, 0.5) is 4.39 Å². The second-order valence-corrected chi connectivity index (χ2v) is 3.97. The van der Waals surface area contributed by atoms with Crippen molar-refractivity contribution >= 4 is 21.9 Å². The van der Waals surface area contributed by atoms with E-state index in [4.69, 9.17) is 5.73 Å². The van der Waals surface area contributed by atoms with Crippen LogP contribution >= 0.6 is 15.9 Å². The molecule has 0 radical (unpaired) electrons. The quantitative estimate of drug-likeness (QED) is 0.860. The Balaban J connectivity index is 2.85. The number of carbonyl (C=O) groups excluding carboxylic acids is 1. The Hall–Kier alpha value is -0.940. The summed E-state index contributed by atoms with van der Waals surface area (Å²) in [6, 6.07) is 3.75. The molecule has 82 valence electrons. The molecule has 1 aromatic rings. The Labute approximate surface area is 95.5 Å². The molecule has 0 saturated carbocycles. The Bertz CT molecular complexity index is 370. The molecule has 0 amide bonds. The van der Waals surface area contributed by atoms with Crippen molar-refractivity contribution in [3.63, 3.8) is 0 Å². The van der Waals surface area contributed by atoms with Crippen molar-refractivity contribution in [3.8, 4) is 0 Å². The van der Waals surface area contributed by atoms with Crippen LogP contribution in [0, 0.1) is 5.82 Å². The van der Waals surface area contributed by atoms with E-state index in [1.54, 1.807) is 12.1 Å². The standard InChI is InChI=1S/C10H11BrFNO2/c1-15-10(14)5-9(13)7-4-6(11)2-3-8(7)12/h2-4,9H,5,13H2,1H3/t9-/m0/s1. The van der Waals surface area contributed by atoms with E-state index in [1.807, 2.05) is 0 Å². The monoisotopic (exact) mass is 275 g/mol. The molecule has 3 nitrogen and oxygen atoms in total. The van der Waals surface area contributed by atoms with Crippen molar-refractivity contribution in [1.29, 1.82) is 0 Å². The van der Waals surface area contributed by atoms with Crippen molar-refractivity contribution in [2.75, 3.05) is 7.11 Å². The number of esters is 1. The molecule has 0 aromatic heterocycles. The van der Waals surface area contributed by atoms with Crippen molar-refractivity contribution in [2.45, 2.75) is 12.5 Å². The molecule has 0 heterocycles. The van der Waals surface area contributed by atoms with Gasteiger partial charge in [-0.2, -0.15) is 0 Å². The molecular formula is C10H11BrFNO2. The molecule has 0 unspecified atom stereocenters. The Morgan fingerprint density at radius 3 is 2.93 bits per heavy atom. The molecular weight excluding hydrogens is 265 g/mol. The minimum atomic E-state index is -0.685. The van der Waals surface area contributed by atoms with Crippen LogP contribution in [0.5, 0.6) is 0 Å². The average molecular weight is 276 g/mol. The fourth-order valence-corrected chi connectivity index (χ4v) is 1.55. The summed E-state index contributed by atoms with van der Waals surface area (Å²) in [5, 5.41) is 0. The maximum Gasteiger partial charge on any atom is 0.307 e. The maximum absolute atomic E-state index is 13.3. The molecule has 5 heteroatoms. The number of methoxy groups -OCH3 is 1. The summed E-state index contributed by atoms with van der Waals surface area (Å²) in [5.74, 6) is -0.878. The number of carbonyl (C=O) groups is 1. The van der Waals surface area contributed by atoms with Gasteiger partial charge in [0.25, 0.3) is 0 Å². The lowest BCUT2D eigenvalue weighted by Gasteiger charge is -2.11. The van der Waals surface area contributed by atoms with Crippen LogP contribution in [0.1, 0.15) is 18.0 Å². The van der Waals surface area contributed by atoms with Crippen LogP contribution in [-0.4, -0.2) is 13.1 Å². The van der Waals surface area contributed by atoms with Gasteiger partial charge in [-0.3, -0.25) is 4.79 Å². The van der Waals surface area contributed by atoms with Gasteiger partial charge in [-0.25, -0.2) is 4.39 Å². The third-order valence-electron chi connectivity index (χ3n) is 1.97. The largest absolute Gasteiger partial charge is 0.469 e. The van der Waals surface area contributed by atoms with E-state index >= 15 is 0 Å². The van der Waals surface area contributed by atoms with E-state index in [0.29, 0.717) is 5.56 Å². The van der Waals surface area contributed by atoms with Crippen LogP contribution in [0.3, 0.4) is 0 Å². The highest BCUT2D eigenvalue weighted by molar-refractivity contribution is 9.10. The smallest absolute Gasteiger partial charge is 0.307 e. The SMILES string of the molecule is COC(=O)C[C@H](N)c1cc(Br)ccc1F. The Morgan fingerprint density at radius 1 is 1.67 bits per heavy atom. The Morgan fingerprint density at radius 2 is 2.33 bits per heavy atom. The summed E-state index contributed by atoms with van der Waals surface area (Å²) in [6.45, 7) is 0. The zero-order chi connectivity index (χ0) is 11.4. The van der Waals surface area contributed by atoms with E-state index in [1.165, 1.54) is 13.2 Å². The zero-order valence-electron chi connectivity index (χ0n) is 8.17. The summed E-state index contributed by atoms with van der Waals surface area (Å²) < 4.78 is 18.5. The molecule has 0 spiro atoms. The number of benzene rings is 1. The predicted molar refractivity (Wildman–Crippen MR) is 57.7 cm³/mol. The average Bonchev–Trinajstić information content (AvgIpc) is 2.21. The van der Waals surface area contributed by atoms with Crippen molar-refractivity contribution in [3.05, 3.63) is 34.1 Å². The molecule has 15 heavy (non-hydrogen) atoms. The third-order valence-corrected chi connectivity index (χ3v) is 2.47. The molecule has 0 saturated heterocycles. The lowest BCUT2D eigenvalue weighted by atomic mass is 10.0. The first-order chi connectivity index (χ1) is 7.04. The van der Waals surface area contributed by atoms with Gasteiger partial charge in [0.05, 0.1) is 13.5 Å². The van der Waals surface area contributed by atoms with Gasteiger partial charge in [0.2, 0.25) is 0 Å². The molecule has 2 N–H and O–H groups in total.